The lowest BCUT2D eigenvalue weighted by Gasteiger charge is -2.20. The largest absolute Gasteiger partial charge is 0.335 e. The standard InChI is InChI=1S/C41H32Cl2N2O6S4/c42-30-13-17-38-36(21-30)44(19-3-9-26-5-1-7-28-11-15-32(23-34(26)28)54(46,47)48)40(52-38)25-41-45(37-22-31(43)14-18-39(37)53-41)20-4-10-27-6-2-8-29-12-16-33(24-35(27)29)55(49,50)51/h1-2,5-8,11-18,21-25H,3-4,9-10,19-20H2,(H-,46,47,48,49,50,51)/p+1. The lowest BCUT2D eigenvalue weighted by molar-refractivity contribution is -0.669. The van der Waals surface area contributed by atoms with Crippen molar-refractivity contribution in [2.45, 2.75) is 46.9 Å². The molecule has 0 unspecified atom stereocenters. The summed E-state index contributed by atoms with van der Waals surface area (Å²) in [6.07, 6.45) is 5.08. The molecule has 0 bridgehead atoms. The lowest BCUT2D eigenvalue weighted by atomic mass is 10.0. The van der Waals surface area contributed by atoms with Gasteiger partial charge in [-0.05, 0) is 107 Å². The first-order valence-corrected chi connectivity index (χ1v) is 22.7. The molecule has 2 heterocycles. The predicted octanol–water partition coefficient (Wildman–Crippen LogP) is 10.5. The lowest BCUT2D eigenvalue weighted by Crippen LogP contribution is -2.35. The zero-order chi connectivity index (χ0) is 38.5. The van der Waals surface area contributed by atoms with Crippen molar-refractivity contribution in [1.82, 2.24) is 0 Å². The minimum absolute atomic E-state index is 0.126. The second-order valence-corrected chi connectivity index (χ2v) is 19.2. The smallest absolute Gasteiger partial charge is 0.294 e. The first-order valence-electron chi connectivity index (χ1n) is 17.4. The van der Waals surface area contributed by atoms with Gasteiger partial charge in [-0.3, -0.25) is 9.11 Å². The Bertz CT molecular complexity index is 2910. The Labute approximate surface area is 337 Å². The van der Waals surface area contributed by atoms with E-state index in [2.05, 4.69) is 15.5 Å². The summed E-state index contributed by atoms with van der Waals surface area (Å²) in [5.41, 5.74) is 4.02. The van der Waals surface area contributed by atoms with Gasteiger partial charge in [-0.1, -0.05) is 94.8 Å². The van der Waals surface area contributed by atoms with Gasteiger partial charge in [0.15, 0.2) is 6.54 Å². The van der Waals surface area contributed by atoms with E-state index in [-0.39, 0.29) is 9.79 Å². The highest BCUT2D eigenvalue weighted by molar-refractivity contribution is 8.04. The summed E-state index contributed by atoms with van der Waals surface area (Å²) in [5, 5.41) is 6.75. The Morgan fingerprint density at radius 1 is 0.691 bits per heavy atom. The molecule has 55 heavy (non-hydrogen) atoms. The molecule has 1 aliphatic heterocycles. The van der Waals surface area contributed by atoms with E-state index in [0.29, 0.717) is 36.0 Å². The minimum atomic E-state index is -4.34. The van der Waals surface area contributed by atoms with Gasteiger partial charge in [0, 0.05) is 34.0 Å². The Kier molecular flexibility index (Phi) is 10.5. The van der Waals surface area contributed by atoms with Crippen molar-refractivity contribution >= 4 is 110 Å². The quantitative estimate of drug-likeness (QED) is 0.0977. The van der Waals surface area contributed by atoms with Gasteiger partial charge < -0.3 is 4.90 Å². The highest BCUT2D eigenvalue weighted by Gasteiger charge is 2.28. The molecule has 6 aromatic carbocycles. The number of aryl methyl sites for hydroxylation is 3. The van der Waals surface area contributed by atoms with Gasteiger partial charge in [0.25, 0.3) is 25.2 Å². The molecule has 7 aromatic rings. The maximum atomic E-state index is 11.9. The number of thiazole rings is 1. The number of rotatable bonds is 11. The van der Waals surface area contributed by atoms with Crippen LogP contribution < -0.4 is 9.47 Å². The molecule has 0 radical (unpaired) electrons. The van der Waals surface area contributed by atoms with E-state index in [0.717, 1.165) is 76.3 Å². The number of benzene rings is 6. The molecule has 2 N–H and O–H groups in total. The molecule has 1 aromatic heterocycles. The summed E-state index contributed by atoms with van der Waals surface area (Å²) >= 11 is 16.4. The van der Waals surface area contributed by atoms with Crippen molar-refractivity contribution in [3.05, 3.63) is 140 Å². The van der Waals surface area contributed by atoms with Gasteiger partial charge >= 0.3 is 0 Å². The highest BCUT2D eigenvalue weighted by Crippen LogP contribution is 2.48. The molecule has 280 valence electrons. The van der Waals surface area contributed by atoms with Crippen LogP contribution in [0.5, 0.6) is 0 Å². The third kappa shape index (κ3) is 8.01. The first kappa shape index (κ1) is 37.9. The van der Waals surface area contributed by atoms with E-state index in [1.807, 2.05) is 72.8 Å². The van der Waals surface area contributed by atoms with Crippen LogP contribution in [0.4, 0.5) is 5.69 Å². The molecule has 8 nitrogen and oxygen atoms in total. The van der Waals surface area contributed by atoms with Crippen molar-refractivity contribution < 1.29 is 30.5 Å². The van der Waals surface area contributed by atoms with Crippen molar-refractivity contribution in [3.63, 3.8) is 0 Å². The summed E-state index contributed by atoms with van der Waals surface area (Å²) in [6.45, 7) is 1.34. The van der Waals surface area contributed by atoms with Crippen molar-refractivity contribution in [3.8, 4) is 0 Å². The molecule has 0 spiro atoms. The summed E-state index contributed by atoms with van der Waals surface area (Å²) in [7, 11) is -8.68. The van der Waals surface area contributed by atoms with Crippen molar-refractivity contribution in [1.29, 1.82) is 0 Å². The number of anilines is 1. The molecule has 0 saturated heterocycles. The number of aromatic nitrogens is 1. The second kappa shape index (κ2) is 15.2. The Morgan fingerprint density at radius 2 is 1.29 bits per heavy atom. The molecule has 0 atom stereocenters. The Balaban J connectivity index is 1.10. The Morgan fingerprint density at radius 3 is 1.93 bits per heavy atom. The highest BCUT2D eigenvalue weighted by atomic mass is 35.5. The topological polar surface area (TPSA) is 116 Å². The number of hydrogen-bond acceptors (Lipinski definition) is 7. The van der Waals surface area contributed by atoms with Gasteiger partial charge in [0.2, 0.25) is 5.52 Å². The van der Waals surface area contributed by atoms with Crippen LogP contribution in [0, 0.1) is 0 Å². The fourth-order valence-corrected chi connectivity index (χ4v) is 10.8. The van der Waals surface area contributed by atoms with Crippen LogP contribution in [-0.2, 0) is 39.6 Å². The number of thioether (sulfide) groups is 1. The summed E-state index contributed by atoms with van der Waals surface area (Å²) < 4.78 is 70.4. The van der Waals surface area contributed by atoms with Crippen molar-refractivity contribution in [2.75, 3.05) is 11.4 Å². The van der Waals surface area contributed by atoms with Gasteiger partial charge in [0.05, 0.1) is 26.6 Å². The molecular formula is C41H33Cl2N2O6S4+. The number of hydrogen-bond donors (Lipinski definition) is 2. The van der Waals surface area contributed by atoms with Crippen LogP contribution in [0.25, 0.3) is 37.8 Å². The molecule has 0 saturated carbocycles. The number of halogens is 2. The van der Waals surface area contributed by atoms with E-state index < -0.39 is 20.2 Å². The SMILES string of the molecule is O=S(=O)(O)c1ccc2cccc(CCCN3C(=Cc4sc5ccc(Cl)cc5[n+]4CCCc4cccc5ccc(S(=O)(=O)O)cc45)Sc4ccc(Cl)cc43)c2c1. The fraction of sp³-hybridized carbons (Fsp3) is 0.146. The molecule has 0 aliphatic carbocycles. The second-order valence-electron chi connectivity index (χ2n) is 13.3. The van der Waals surface area contributed by atoms with Gasteiger partial charge in [-0.25, -0.2) is 0 Å². The van der Waals surface area contributed by atoms with Crippen LogP contribution in [0.1, 0.15) is 29.0 Å². The summed E-state index contributed by atoms with van der Waals surface area (Å²) in [5.74, 6) is 0. The van der Waals surface area contributed by atoms with Crippen LogP contribution in [0.2, 0.25) is 10.0 Å². The van der Waals surface area contributed by atoms with Crippen molar-refractivity contribution in [2.24, 2.45) is 0 Å². The molecule has 14 heteroatoms. The number of nitrogens with zero attached hydrogens (tertiary/aromatic N) is 2. The monoisotopic (exact) mass is 847 g/mol. The van der Waals surface area contributed by atoms with Crippen LogP contribution in [0.3, 0.4) is 0 Å². The molecule has 0 fully saturated rings. The van der Waals surface area contributed by atoms with E-state index in [1.54, 1.807) is 35.2 Å². The van der Waals surface area contributed by atoms with Crippen LogP contribution >= 0.6 is 46.3 Å². The average molecular weight is 849 g/mol. The van der Waals surface area contributed by atoms with E-state index in [1.165, 1.54) is 24.3 Å². The average Bonchev–Trinajstić information content (AvgIpc) is 3.66. The maximum absolute atomic E-state index is 11.9. The molecule has 1 aliphatic rings. The van der Waals surface area contributed by atoms with Gasteiger partial charge in [-0.15, -0.1) is 0 Å². The summed E-state index contributed by atoms with van der Waals surface area (Å²) in [4.78, 5) is 3.12. The zero-order valence-electron chi connectivity index (χ0n) is 29.0. The maximum Gasteiger partial charge on any atom is 0.294 e. The fourth-order valence-electron chi connectivity index (χ4n) is 7.18. The normalized spacial score (nSPS) is 14.1. The van der Waals surface area contributed by atoms with E-state index in [4.69, 9.17) is 23.2 Å². The zero-order valence-corrected chi connectivity index (χ0v) is 33.8. The third-order valence-electron chi connectivity index (χ3n) is 9.77. The van der Waals surface area contributed by atoms with E-state index in [9.17, 15) is 25.9 Å². The minimum Gasteiger partial charge on any atom is -0.335 e. The van der Waals surface area contributed by atoms with Gasteiger partial charge in [0.1, 0.15) is 4.70 Å². The molecule has 8 rings (SSSR count). The van der Waals surface area contributed by atoms with Crippen LogP contribution in [-0.4, -0.2) is 32.5 Å². The van der Waals surface area contributed by atoms with Crippen LogP contribution in [0.15, 0.2) is 129 Å². The summed E-state index contributed by atoms with van der Waals surface area (Å²) in [6, 6.07) is 32.9. The first-order chi connectivity index (χ1) is 26.3. The number of fused-ring (bicyclic) bond motifs is 4. The molecule has 0 amide bonds. The Hall–Kier alpha value is -3.98. The predicted molar refractivity (Wildman–Crippen MR) is 224 cm³/mol. The van der Waals surface area contributed by atoms with E-state index >= 15 is 0 Å². The third-order valence-corrected chi connectivity index (χ3v) is 14.2. The molecular weight excluding hydrogens is 816 g/mol. The van der Waals surface area contributed by atoms with Gasteiger partial charge in [-0.2, -0.15) is 21.4 Å².